The van der Waals surface area contributed by atoms with E-state index < -0.39 is 47.9 Å². The third kappa shape index (κ3) is 13.6. The maximum absolute atomic E-state index is 13.3. The number of hydrogen-bond acceptors (Lipinski definition) is 8. The maximum Gasteiger partial charge on any atom is 0.326 e. The number of imidazole rings is 1. The van der Waals surface area contributed by atoms with Gasteiger partial charge in [0.05, 0.1) is 12.4 Å². The lowest BCUT2D eigenvalue weighted by molar-refractivity contribution is -0.142. The zero-order valence-electron chi connectivity index (χ0n) is 22.7. The lowest BCUT2D eigenvalue weighted by atomic mass is 10.0. The van der Waals surface area contributed by atoms with Crippen molar-refractivity contribution in [2.24, 2.45) is 33.8 Å². The number of amides is 3. The van der Waals surface area contributed by atoms with Crippen molar-refractivity contribution in [1.29, 1.82) is 0 Å². The summed E-state index contributed by atoms with van der Waals surface area (Å²) in [7, 11) is 0. The summed E-state index contributed by atoms with van der Waals surface area (Å²) in [6.45, 7) is 4.41. The van der Waals surface area contributed by atoms with Crippen LogP contribution in [0.25, 0.3) is 0 Å². The van der Waals surface area contributed by atoms with Gasteiger partial charge in [0.25, 0.3) is 0 Å². The van der Waals surface area contributed by atoms with Crippen LogP contribution in [0.4, 0.5) is 0 Å². The molecule has 15 nitrogen and oxygen atoms in total. The number of unbranched alkanes of at least 4 members (excludes halogenated alkanes) is 1. The number of carboxylic acid groups (broad SMARTS) is 1. The summed E-state index contributed by atoms with van der Waals surface area (Å²) < 4.78 is 0. The van der Waals surface area contributed by atoms with Gasteiger partial charge in [-0.25, -0.2) is 9.78 Å². The number of H-pyrrole nitrogens is 1. The molecular formula is C24H44N10O5. The van der Waals surface area contributed by atoms with Crippen molar-refractivity contribution in [3.8, 4) is 0 Å². The second-order valence-corrected chi connectivity index (χ2v) is 9.77. The van der Waals surface area contributed by atoms with Crippen LogP contribution in [0, 0.1) is 5.92 Å². The van der Waals surface area contributed by atoms with E-state index in [1.165, 1.54) is 12.5 Å². The van der Waals surface area contributed by atoms with Crippen LogP contribution in [0.5, 0.6) is 0 Å². The Balaban J connectivity index is 2.98. The van der Waals surface area contributed by atoms with Crippen molar-refractivity contribution in [3.63, 3.8) is 0 Å². The van der Waals surface area contributed by atoms with Gasteiger partial charge in [0.1, 0.15) is 18.1 Å². The standard InChI is InChI=1S/C24H44N10O5/c1-14(2)10-18(21(36)32-17(23(38)39)7-5-9-30-24(27)28)34-22(37)19(11-15-12-29-13-31-15)33-20(35)16(26)6-3-4-8-25/h12-14,16-19H,3-11,25-26H2,1-2H3,(H,29,31)(H,32,36)(H,33,35)(H,34,37)(H,38,39)(H4,27,28,30). The minimum Gasteiger partial charge on any atom is -0.480 e. The highest BCUT2D eigenvalue weighted by Crippen LogP contribution is 2.09. The number of guanidine groups is 1. The molecule has 3 amide bonds. The number of nitrogens with two attached hydrogens (primary N) is 4. The number of carbonyl (C=O) groups excluding carboxylic acids is 3. The summed E-state index contributed by atoms with van der Waals surface area (Å²) in [5.41, 5.74) is 22.6. The molecular weight excluding hydrogens is 508 g/mol. The van der Waals surface area contributed by atoms with Crippen molar-refractivity contribution < 1.29 is 24.3 Å². The van der Waals surface area contributed by atoms with Crippen LogP contribution in [0.3, 0.4) is 0 Å². The van der Waals surface area contributed by atoms with Gasteiger partial charge < -0.3 is 49.0 Å². The van der Waals surface area contributed by atoms with E-state index in [4.69, 9.17) is 22.9 Å². The lowest BCUT2D eigenvalue weighted by Crippen LogP contribution is -2.57. The van der Waals surface area contributed by atoms with Gasteiger partial charge in [-0.2, -0.15) is 0 Å². The average Bonchev–Trinajstić information content (AvgIpc) is 3.37. The fourth-order valence-corrected chi connectivity index (χ4v) is 3.75. The highest BCUT2D eigenvalue weighted by Gasteiger charge is 2.31. The van der Waals surface area contributed by atoms with Crippen molar-refractivity contribution in [2.45, 2.75) is 83.0 Å². The summed E-state index contributed by atoms with van der Waals surface area (Å²) >= 11 is 0. The largest absolute Gasteiger partial charge is 0.480 e. The van der Waals surface area contributed by atoms with E-state index in [1.807, 2.05) is 13.8 Å². The monoisotopic (exact) mass is 552 g/mol. The second kappa shape index (κ2) is 17.7. The normalized spacial score (nSPS) is 14.1. The number of carbonyl (C=O) groups is 4. The van der Waals surface area contributed by atoms with E-state index in [-0.39, 0.29) is 37.7 Å². The Labute approximate surface area is 228 Å². The van der Waals surface area contributed by atoms with Gasteiger partial charge in [0.2, 0.25) is 17.7 Å². The number of carboxylic acids is 1. The minimum atomic E-state index is -1.23. The predicted molar refractivity (Wildman–Crippen MR) is 146 cm³/mol. The van der Waals surface area contributed by atoms with Crippen LogP contribution in [-0.4, -0.2) is 82.0 Å². The summed E-state index contributed by atoms with van der Waals surface area (Å²) in [6, 6.07) is -4.14. The van der Waals surface area contributed by atoms with Crippen molar-refractivity contribution in [2.75, 3.05) is 13.1 Å². The molecule has 0 aliphatic rings. The number of nitrogens with one attached hydrogen (secondary N) is 4. The molecule has 0 bridgehead atoms. The molecule has 1 aromatic rings. The van der Waals surface area contributed by atoms with Gasteiger partial charge >= 0.3 is 5.97 Å². The number of aromatic nitrogens is 2. The molecule has 0 aliphatic heterocycles. The number of aromatic amines is 1. The Bertz CT molecular complexity index is 934. The lowest BCUT2D eigenvalue weighted by Gasteiger charge is -2.26. The second-order valence-electron chi connectivity index (χ2n) is 9.77. The highest BCUT2D eigenvalue weighted by molar-refractivity contribution is 5.94. The first kappa shape index (κ1) is 33.3. The van der Waals surface area contributed by atoms with Crippen molar-refractivity contribution >= 4 is 29.7 Å². The molecule has 0 saturated carbocycles. The molecule has 220 valence electrons. The number of hydrogen-bond donors (Lipinski definition) is 9. The van der Waals surface area contributed by atoms with E-state index in [0.29, 0.717) is 31.5 Å². The molecule has 4 unspecified atom stereocenters. The number of rotatable bonds is 19. The molecule has 0 radical (unpaired) electrons. The molecule has 0 spiro atoms. The van der Waals surface area contributed by atoms with Crippen LogP contribution in [0.1, 0.15) is 58.1 Å². The average molecular weight is 553 g/mol. The highest BCUT2D eigenvalue weighted by atomic mass is 16.4. The first-order valence-electron chi connectivity index (χ1n) is 13.1. The molecule has 13 N–H and O–H groups in total. The van der Waals surface area contributed by atoms with E-state index in [1.54, 1.807) is 0 Å². The van der Waals surface area contributed by atoms with Gasteiger partial charge in [-0.15, -0.1) is 0 Å². The van der Waals surface area contributed by atoms with Crippen LogP contribution in [0.15, 0.2) is 17.5 Å². The van der Waals surface area contributed by atoms with Crippen LogP contribution < -0.4 is 38.9 Å². The smallest absolute Gasteiger partial charge is 0.326 e. The van der Waals surface area contributed by atoms with E-state index >= 15 is 0 Å². The summed E-state index contributed by atoms with van der Waals surface area (Å²) in [4.78, 5) is 61.5. The van der Waals surface area contributed by atoms with Gasteiger partial charge in [0, 0.05) is 24.9 Å². The zero-order chi connectivity index (χ0) is 29.4. The number of nitrogens with zero attached hydrogens (tertiary/aromatic N) is 2. The zero-order valence-corrected chi connectivity index (χ0v) is 22.7. The predicted octanol–water partition coefficient (Wildman–Crippen LogP) is -1.95. The minimum absolute atomic E-state index is 0.0113. The topological polar surface area (TPSA) is 270 Å². The number of aliphatic imine (C=N–C) groups is 1. The van der Waals surface area contributed by atoms with Crippen LogP contribution in [0.2, 0.25) is 0 Å². The van der Waals surface area contributed by atoms with E-state index in [2.05, 4.69) is 30.9 Å². The molecule has 1 heterocycles. The van der Waals surface area contributed by atoms with Gasteiger partial charge in [-0.3, -0.25) is 19.4 Å². The van der Waals surface area contributed by atoms with Gasteiger partial charge in [-0.1, -0.05) is 20.3 Å². The Morgan fingerprint density at radius 2 is 1.62 bits per heavy atom. The third-order valence-corrected chi connectivity index (χ3v) is 5.82. The van der Waals surface area contributed by atoms with E-state index in [9.17, 15) is 24.3 Å². The SMILES string of the molecule is CC(C)CC(NC(=O)C(Cc1cnc[nH]1)NC(=O)C(N)CCCCN)C(=O)NC(CCCN=C(N)N)C(=O)O. The van der Waals surface area contributed by atoms with Gasteiger partial charge in [0.15, 0.2) is 5.96 Å². The molecule has 39 heavy (non-hydrogen) atoms. The third-order valence-electron chi connectivity index (χ3n) is 5.82. The molecule has 1 aromatic heterocycles. The Morgan fingerprint density at radius 1 is 0.974 bits per heavy atom. The maximum atomic E-state index is 13.3. The van der Waals surface area contributed by atoms with Crippen molar-refractivity contribution in [1.82, 2.24) is 25.9 Å². The summed E-state index contributed by atoms with van der Waals surface area (Å²) in [6.07, 6.45) is 5.46. The fourth-order valence-electron chi connectivity index (χ4n) is 3.75. The van der Waals surface area contributed by atoms with Crippen molar-refractivity contribution in [3.05, 3.63) is 18.2 Å². The Hall–Kier alpha value is -3.72. The van der Waals surface area contributed by atoms with Crippen LogP contribution in [-0.2, 0) is 25.6 Å². The van der Waals surface area contributed by atoms with Gasteiger partial charge in [-0.05, 0) is 44.6 Å². The molecule has 15 heteroatoms. The quantitative estimate of drug-likeness (QED) is 0.0519. The van der Waals surface area contributed by atoms with Crippen LogP contribution >= 0.6 is 0 Å². The molecule has 0 fully saturated rings. The van der Waals surface area contributed by atoms with E-state index in [0.717, 1.165) is 6.42 Å². The molecule has 4 atom stereocenters. The summed E-state index contributed by atoms with van der Waals surface area (Å²) in [5.74, 6) is -3.13. The first-order chi connectivity index (χ1) is 18.4. The Kier molecular flexibility index (Phi) is 15.1. The molecule has 0 saturated heterocycles. The molecule has 0 aliphatic carbocycles. The summed E-state index contributed by atoms with van der Waals surface area (Å²) in [5, 5.41) is 17.4. The first-order valence-corrected chi connectivity index (χ1v) is 13.1. The Morgan fingerprint density at radius 3 is 2.18 bits per heavy atom. The fraction of sp³-hybridized carbons (Fsp3) is 0.667. The number of aliphatic carboxylic acids is 1. The molecule has 1 rings (SSSR count). The molecule has 0 aromatic carbocycles.